The van der Waals surface area contributed by atoms with Crippen molar-refractivity contribution in [3.8, 4) is 0 Å². The van der Waals surface area contributed by atoms with Gasteiger partial charge < -0.3 is 5.32 Å². The maximum absolute atomic E-state index is 12.5. The quantitative estimate of drug-likeness (QED) is 0.652. The summed E-state index contributed by atoms with van der Waals surface area (Å²) in [5.74, 6) is -0.0872. The lowest BCUT2D eigenvalue weighted by Gasteiger charge is -2.33. The number of carbonyl (C=O) groups excluding carboxylic acids is 1. The summed E-state index contributed by atoms with van der Waals surface area (Å²) in [6.07, 6.45) is 0. The third-order valence-electron chi connectivity index (χ3n) is 3.92. The molecule has 134 valence electrons. The zero-order valence-corrected chi connectivity index (χ0v) is 17.2. The first-order valence-corrected chi connectivity index (χ1v) is 11.2. The van der Waals surface area contributed by atoms with Gasteiger partial charge in [-0.05, 0) is 58.3 Å². The molecule has 1 amide bonds. The van der Waals surface area contributed by atoms with E-state index in [2.05, 4.69) is 27.9 Å². The highest BCUT2D eigenvalue weighted by Crippen LogP contribution is 2.22. The van der Waals surface area contributed by atoms with Crippen molar-refractivity contribution in [3.05, 3.63) is 45.3 Å². The van der Waals surface area contributed by atoms with Gasteiger partial charge in [-0.25, -0.2) is 8.42 Å². The van der Waals surface area contributed by atoms with Gasteiger partial charge in [0.15, 0.2) is 0 Å². The molecule has 0 bridgehead atoms. The highest BCUT2D eigenvalue weighted by molar-refractivity contribution is 14.1. The summed E-state index contributed by atoms with van der Waals surface area (Å²) in [5, 5.41) is 4.63. The number of amides is 1. The Hall–Kier alpha value is -1.01. The number of thiophene rings is 1. The summed E-state index contributed by atoms with van der Waals surface area (Å²) in [4.78, 5) is 14.1. The van der Waals surface area contributed by atoms with Crippen molar-refractivity contribution in [1.82, 2.24) is 9.21 Å². The molecular weight excluding hydrogens is 473 g/mol. The van der Waals surface area contributed by atoms with E-state index in [0.29, 0.717) is 30.4 Å². The minimum Gasteiger partial charge on any atom is -0.325 e. The molecule has 2 aromatic rings. The molecule has 1 aromatic carbocycles. The molecule has 0 saturated carbocycles. The number of sulfonamides is 1. The first-order valence-electron chi connectivity index (χ1n) is 7.76. The van der Waals surface area contributed by atoms with Crippen LogP contribution in [0, 0.1) is 3.57 Å². The van der Waals surface area contributed by atoms with E-state index in [1.807, 2.05) is 29.2 Å². The normalized spacial score (nSPS) is 16.7. The topological polar surface area (TPSA) is 69.7 Å². The van der Waals surface area contributed by atoms with Gasteiger partial charge in [0.2, 0.25) is 5.91 Å². The van der Waals surface area contributed by atoms with Crippen LogP contribution in [-0.4, -0.2) is 56.3 Å². The van der Waals surface area contributed by atoms with Crippen LogP contribution in [-0.2, 0) is 14.8 Å². The molecule has 0 radical (unpaired) electrons. The van der Waals surface area contributed by atoms with Crippen molar-refractivity contribution in [2.45, 2.75) is 4.21 Å². The third-order valence-corrected chi connectivity index (χ3v) is 7.91. The summed E-state index contributed by atoms with van der Waals surface area (Å²) in [5.41, 5.74) is 0.768. The van der Waals surface area contributed by atoms with Crippen LogP contribution in [0.15, 0.2) is 46.0 Å². The summed E-state index contributed by atoms with van der Waals surface area (Å²) in [6, 6.07) is 11.0. The van der Waals surface area contributed by atoms with Gasteiger partial charge in [-0.1, -0.05) is 6.07 Å². The largest absolute Gasteiger partial charge is 0.325 e. The Morgan fingerprint density at radius 2 is 1.80 bits per heavy atom. The van der Waals surface area contributed by atoms with Crippen molar-refractivity contribution in [3.63, 3.8) is 0 Å². The van der Waals surface area contributed by atoms with Gasteiger partial charge in [-0.2, -0.15) is 4.31 Å². The van der Waals surface area contributed by atoms with Gasteiger partial charge in [0.25, 0.3) is 10.0 Å². The lowest BCUT2D eigenvalue weighted by Crippen LogP contribution is -2.50. The van der Waals surface area contributed by atoms with Gasteiger partial charge in [0.1, 0.15) is 4.21 Å². The van der Waals surface area contributed by atoms with E-state index >= 15 is 0 Å². The Morgan fingerprint density at radius 3 is 2.40 bits per heavy atom. The number of nitrogens with zero attached hydrogens (tertiary/aromatic N) is 2. The van der Waals surface area contributed by atoms with Crippen molar-refractivity contribution in [1.29, 1.82) is 0 Å². The molecule has 0 atom stereocenters. The van der Waals surface area contributed by atoms with Gasteiger partial charge in [-0.15, -0.1) is 11.3 Å². The average Bonchev–Trinajstić information content (AvgIpc) is 3.13. The molecule has 1 saturated heterocycles. The maximum Gasteiger partial charge on any atom is 0.252 e. The summed E-state index contributed by atoms with van der Waals surface area (Å²) in [6.45, 7) is 2.16. The molecule has 1 aliphatic rings. The van der Waals surface area contributed by atoms with Gasteiger partial charge >= 0.3 is 0 Å². The van der Waals surface area contributed by atoms with Crippen LogP contribution in [0.5, 0.6) is 0 Å². The Morgan fingerprint density at radius 1 is 1.12 bits per heavy atom. The Balaban J connectivity index is 1.51. The molecular formula is C16H18IN3O3S2. The number of hydrogen-bond donors (Lipinski definition) is 1. The highest BCUT2D eigenvalue weighted by atomic mass is 127. The second-order valence-corrected chi connectivity index (χ2v) is 10.0. The SMILES string of the molecule is O=C(CN1CCN(S(=O)(=O)c2cccs2)CC1)Nc1ccc(I)cc1. The van der Waals surface area contributed by atoms with Crippen molar-refractivity contribution in [2.24, 2.45) is 0 Å². The molecule has 3 rings (SSSR count). The molecule has 6 nitrogen and oxygen atoms in total. The lowest BCUT2D eigenvalue weighted by molar-refractivity contribution is -0.117. The fraction of sp³-hybridized carbons (Fsp3) is 0.312. The predicted molar refractivity (Wildman–Crippen MR) is 107 cm³/mol. The smallest absolute Gasteiger partial charge is 0.252 e. The van der Waals surface area contributed by atoms with Crippen LogP contribution in [0.25, 0.3) is 0 Å². The third kappa shape index (κ3) is 4.79. The minimum atomic E-state index is -3.40. The number of carbonyl (C=O) groups is 1. The molecule has 1 fully saturated rings. The Bertz CT molecular complexity index is 815. The fourth-order valence-corrected chi connectivity index (χ4v) is 5.53. The second kappa shape index (κ2) is 8.12. The number of benzene rings is 1. The zero-order chi connectivity index (χ0) is 17.9. The number of anilines is 1. The van der Waals surface area contributed by atoms with Crippen LogP contribution in [0.3, 0.4) is 0 Å². The number of nitrogens with one attached hydrogen (secondary N) is 1. The monoisotopic (exact) mass is 491 g/mol. The number of rotatable bonds is 5. The fourth-order valence-electron chi connectivity index (χ4n) is 2.60. The number of halogens is 1. The van der Waals surface area contributed by atoms with Crippen LogP contribution in [0.4, 0.5) is 5.69 Å². The van der Waals surface area contributed by atoms with Crippen LogP contribution in [0.1, 0.15) is 0 Å². The predicted octanol–water partition coefficient (Wildman–Crippen LogP) is 2.30. The summed E-state index contributed by atoms with van der Waals surface area (Å²) < 4.78 is 27.9. The maximum atomic E-state index is 12.5. The van der Waals surface area contributed by atoms with Gasteiger partial charge in [0.05, 0.1) is 6.54 Å². The van der Waals surface area contributed by atoms with E-state index in [1.165, 1.54) is 15.6 Å². The molecule has 25 heavy (non-hydrogen) atoms. The van der Waals surface area contributed by atoms with Crippen LogP contribution < -0.4 is 5.32 Å². The minimum absolute atomic E-state index is 0.0872. The molecule has 0 spiro atoms. The first-order chi connectivity index (χ1) is 11.9. The van der Waals surface area contributed by atoms with Crippen LogP contribution in [0.2, 0.25) is 0 Å². The number of hydrogen-bond acceptors (Lipinski definition) is 5. The molecule has 2 heterocycles. The lowest BCUT2D eigenvalue weighted by atomic mass is 10.3. The van der Waals surface area contributed by atoms with E-state index in [-0.39, 0.29) is 12.5 Å². The zero-order valence-electron chi connectivity index (χ0n) is 13.4. The molecule has 9 heteroatoms. The molecule has 0 aliphatic carbocycles. The standard InChI is InChI=1S/C16H18IN3O3S2/c17-13-3-5-14(6-4-13)18-15(21)12-19-7-9-20(10-8-19)25(22,23)16-2-1-11-24-16/h1-6,11H,7-10,12H2,(H,18,21). The van der Waals surface area contributed by atoms with Crippen LogP contribution >= 0.6 is 33.9 Å². The van der Waals surface area contributed by atoms with E-state index in [9.17, 15) is 13.2 Å². The van der Waals surface area contributed by atoms with E-state index in [1.54, 1.807) is 17.5 Å². The summed E-state index contributed by atoms with van der Waals surface area (Å²) in [7, 11) is -3.40. The molecule has 1 N–H and O–H groups in total. The highest BCUT2D eigenvalue weighted by Gasteiger charge is 2.29. The first kappa shape index (κ1) is 18.8. The van der Waals surface area contributed by atoms with E-state index in [0.717, 1.165) is 9.26 Å². The molecule has 1 aromatic heterocycles. The summed E-state index contributed by atoms with van der Waals surface area (Å²) >= 11 is 3.44. The van der Waals surface area contributed by atoms with E-state index in [4.69, 9.17) is 0 Å². The van der Waals surface area contributed by atoms with Gasteiger partial charge in [0, 0.05) is 35.4 Å². The Labute approximate surface area is 165 Å². The molecule has 0 unspecified atom stereocenters. The Kier molecular flexibility index (Phi) is 6.10. The average molecular weight is 491 g/mol. The van der Waals surface area contributed by atoms with Gasteiger partial charge in [-0.3, -0.25) is 9.69 Å². The molecule has 1 aliphatic heterocycles. The second-order valence-electron chi connectivity index (χ2n) is 5.67. The van der Waals surface area contributed by atoms with Crippen molar-refractivity contribution < 1.29 is 13.2 Å². The van der Waals surface area contributed by atoms with E-state index < -0.39 is 10.0 Å². The van der Waals surface area contributed by atoms with Crippen molar-refractivity contribution in [2.75, 3.05) is 38.0 Å². The van der Waals surface area contributed by atoms with Crippen molar-refractivity contribution >= 4 is 55.5 Å². The number of piperazine rings is 1.